The predicted molar refractivity (Wildman–Crippen MR) is 130 cm³/mol. The van der Waals surface area contributed by atoms with E-state index in [-0.39, 0.29) is 35.5 Å². The van der Waals surface area contributed by atoms with Gasteiger partial charge in [-0.15, -0.1) is 0 Å². The van der Waals surface area contributed by atoms with Crippen molar-refractivity contribution in [2.75, 3.05) is 33.9 Å². The summed E-state index contributed by atoms with van der Waals surface area (Å²) in [6.45, 7) is 2.29. The van der Waals surface area contributed by atoms with Crippen LogP contribution in [-0.2, 0) is 32.7 Å². The molecule has 1 saturated carbocycles. The molecule has 6 atom stereocenters. The number of benzene rings is 2. The van der Waals surface area contributed by atoms with Crippen LogP contribution in [-0.4, -0.2) is 63.0 Å². The number of hydrogen-bond acceptors (Lipinski definition) is 6. The number of nitrogens with two attached hydrogens (primary N) is 1. The lowest BCUT2D eigenvalue weighted by atomic mass is 9.49. The average molecular weight is 479 g/mol. The van der Waals surface area contributed by atoms with Crippen molar-refractivity contribution in [2.45, 2.75) is 49.5 Å². The Morgan fingerprint density at radius 2 is 2.03 bits per heavy atom. The fourth-order valence-electron chi connectivity index (χ4n) is 7.59. The molecule has 2 heterocycles. The fourth-order valence-corrected chi connectivity index (χ4v) is 7.59. The van der Waals surface area contributed by atoms with Gasteiger partial charge in [0.15, 0.2) is 11.5 Å². The van der Waals surface area contributed by atoms with Crippen LogP contribution in [0.15, 0.2) is 42.5 Å². The van der Waals surface area contributed by atoms with Crippen LogP contribution in [0.4, 0.5) is 0 Å². The molecule has 4 unspecified atom stereocenters. The molecule has 1 spiro atoms. The number of primary amides is 1. The first-order valence-corrected chi connectivity index (χ1v) is 12.6. The van der Waals surface area contributed by atoms with E-state index in [9.17, 15) is 4.79 Å². The van der Waals surface area contributed by atoms with Gasteiger partial charge in [0.25, 0.3) is 0 Å². The summed E-state index contributed by atoms with van der Waals surface area (Å²) in [4.78, 5) is 14.2. The van der Waals surface area contributed by atoms with Gasteiger partial charge in [0.05, 0.1) is 33.0 Å². The molecule has 2 N–H and O–H groups in total. The van der Waals surface area contributed by atoms with Crippen LogP contribution in [0.3, 0.4) is 0 Å². The summed E-state index contributed by atoms with van der Waals surface area (Å²) in [6, 6.07) is 14.7. The number of hydrogen-bond donors (Lipinski definition) is 1. The van der Waals surface area contributed by atoms with Crippen molar-refractivity contribution in [1.29, 1.82) is 0 Å². The zero-order chi connectivity index (χ0) is 24.2. The van der Waals surface area contributed by atoms with E-state index in [2.05, 4.69) is 23.1 Å². The van der Waals surface area contributed by atoms with Gasteiger partial charge in [-0.2, -0.15) is 0 Å². The summed E-state index contributed by atoms with van der Waals surface area (Å²) in [6.07, 6.45) is 2.56. The van der Waals surface area contributed by atoms with Crippen molar-refractivity contribution < 1.29 is 23.7 Å². The summed E-state index contributed by atoms with van der Waals surface area (Å²) in [5, 5.41) is 0. The molecule has 1 amide bonds. The van der Waals surface area contributed by atoms with Gasteiger partial charge in [-0.25, -0.2) is 0 Å². The monoisotopic (exact) mass is 478 g/mol. The van der Waals surface area contributed by atoms with Crippen LogP contribution in [0.25, 0.3) is 0 Å². The summed E-state index contributed by atoms with van der Waals surface area (Å²) in [5.74, 6) is 1.92. The molecule has 2 aromatic carbocycles. The highest BCUT2D eigenvalue weighted by Gasteiger charge is 2.67. The zero-order valence-corrected chi connectivity index (χ0v) is 20.4. The number of likely N-dealkylation sites (tertiary alicyclic amines) is 1. The van der Waals surface area contributed by atoms with E-state index in [1.807, 2.05) is 24.3 Å². The van der Waals surface area contributed by atoms with Gasteiger partial charge in [-0.05, 0) is 48.9 Å². The van der Waals surface area contributed by atoms with Crippen molar-refractivity contribution in [1.82, 2.24) is 4.90 Å². The van der Waals surface area contributed by atoms with Crippen molar-refractivity contribution >= 4 is 5.91 Å². The SMILES string of the molecule is COc1ccc2c3c1O[C@H]1C(OC)[C@@H](COCc4ccccc4)CC4C(C2)N(CC(N)=O)CCC341. The van der Waals surface area contributed by atoms with Crippen molar-refractivity contribution in [3.8, 4) is 11.5 Å². The molecule has 2 aliphatic heterocycles. The molecule has 2 aliphatic carbocycles. The molecule has 4 aliphatic rings. The molecule has 6 rings (SSSR count). The normalized spacial score (nSPS) is 32.6. The van der Waals surface area contributed by atoms with Gasteiger partial charge in [-0.3, -0.25) is 9.69 Å². The number of nitrogens with zero attached hydrogens (tertiary/aromatic N) is 1. The third-order valence-corrected chi connectivity index (χ3v) is 8.88. The minimum atomic E-state index is -0.269. The summed E-state index contributed by atoms with van der Waals surface area (Å²) in [7, 11) is 3.49. The van der Waals surface area contributed by atoms with E-state index in [0.717, 1.165) is 42.9 Å². The Morgan fingerprint density at radius 3 is 2.77 bits per heavy atom. The Hall–Kier alpha value is -2.61. The van der Waals surface area contributed by atoms with E-state index in [1.54, 1.807) is 14.2 Å². The topological polar surface area (TPSA) is 83.2 Å². The second kappa shape index (κ2) is 8.80. The van der Waals surface area contributed by atoms with Crippen LogP contribution in [0.5, 0.6) is 11.5 Å². The maximum absolute atomic E-state index is 11.9. The third-order valence-electron chi connectivity index (χ3n) is 8.88. The largest absolute Gasteiger partial charge is 0.493 e. The van der Waals surface area contributed by atoms with Crippen molar-refractivity contribution in [3.05, 3.63) is 59.2 Å². The number of rotatable bonds is 8. The lowest BCUT2D eigenvalue weighted by Crippen LogP contribution is -2.69. The second-order valence-electron chi connectivity index (χ2n) is 10.5. The fraction of sp³-hybridized carbons (Fsp3) is 0.536. The predicted octanol–water partition coefficient (Wildman–Crippen LogP) is 2.68. The Balaban J connectivity index is 1.36. The number of piperidine rings is 1. The lowest BCUT2D eigenvalue weighted by molar-refractivity contribution is -0.155. The highest BCUT2D eigenvalue weighted by Crippen LogP contribution is 2.64. The van der Waals surface area contributed by atoms with E-state index in [0.29, 0.717) is 25.7 Å². The van der Waals surface area contributed by atoms with E-state index < -0.39 is 0 Å². The van der Waals surface area contributed by atoms with Crippen LogP contribution < -0.4 is 15.2 Å². The Bertz CT molecular complexity index is 1110. The molecule has 7 nitrogen and oxygen atoms in total. The summed E-state index contributed by atoms with van der Waals surface area (Å²) < 4.78 is 24.9. The van der Waals surface area contributed by atoms with Crippen LogP contribution in [0, 0.1) is 11.8 Å². The first-order chi connectivity index (χ1) is 17.1. The molecule has 7 heteroatoms. The zero-order valence-electron chi connectivity index (χ0n) is 20.4. The standard InChI is InChI=1S/C28H34N2O5/c1-32-22-9-8-18-13-21-20-12-19(16-34-15-17-6-4-3-5-7-17)25(33-2)27-28(20,24(18)26(22)35-27)10-11-30(21)14-23(29)31/h3-9,19-21,25,27H,10-16H2,1-2H3,(H2,29,31)/t19-,20?,21?,25?,27+,28?/m1/s1. The van der Waals surface area contributed by atoms with Gasteiger partial charge in [-0.1, -0.05) is 36.4 Å². The number of amides is 1. The number of methoxy groups -OCH3 is 2. The Kier molecular flexibility index (Phi) is 5.74. The van der Waals surface area contributed by atoms with Crippen LogP contribution in [0.1, 0.15) is 29.5 Å². The van der Waals surface area contributed by atoms with Gasteiger partial charge < -0.3 is 24.7 Å². The minimum absolute atomic E-state index is 0.0894. The first-order valence-electron chi connectivity index (χ1n) is 12.6. The number of carbonyl (C=O) groups is 1. The number of ether oxygens (including phenoxy) is 4. The van der Waals surface area contributed by atoms with Crippen LogP contribution in [0.2, 0.25) is 0 Å². The Morgan fingerprint density at radius 1 is 1.20 bits per heavy atom. The second-order valence-corrected chi connectivity index (χ2v) is 10.5. The van der Waals surface area contributed by atoms with E-state index in [1.165, 1.54) is 11.1 Å². The van der Waals surface area contributed by atoms with E-state index >= 15 is 0 Å². The molecule has 186 valence electrons. The maximum atomic E-state index is 11.9. The third kappa shape index (κ3) is 3.47. The van der Waals surface area contributed by atoms with E-state index in [4.69, 9.17) is 24.7 Å². The molecule has 0 aromatic heterocycles. The molecule has 35 heavy (non-hydrogen) atoms. The quantitative estimate of drug-likeness (QED) is 0.628. The maximum Gasteiger partial charge on any atom is 0.231 e. The summed E-state index contributed by atoms with van der Waals surface area (Å²) in [5.41, 5.74) is 9.29. The minimum Gasteiger partial charge on any atom is -0.493 e. The van der Waals surface area contributed by atoms with Gasteiger partial charge in [0.2, 0.25) is 5.91 Å². The molecule has 1 saturated heterocycles. The molecular formula is C28H34N2O5. The van der Waals surface area contributed by atoms with Crippen molar-refractivity contribution in [2.24, 2.45) is 17.6 Å². The van der Waals surface area contributed by atoms with Gasteiger partial charge >= 0.3 is 0 Å². The molecular weight excluding hydrogens is 444 g/mol. The van der Waals surface area contributed by atoms with Crippen LogP contribution >= 0.6 is 0 Å². The first kappa shape index (κ1) is 22.8. The molecule has 2 bridgehead atoms. The molecule has 0 radical (unpaired) electrons. The van der Waals surface area contributed by atoms with Gasteiger partial charge in [0, 0.05) is 30.0 Å². The smallest absolute Gasteiger partial charge is 0.231 e. The lowest BCUT2D eigenvalue weighted by Gasteiger charge is -2.60. The van der Waals surface area contributed by atoms with Gasteiger partial charge in [0.1, 0.15) is 6.10 Å². The number of carbonyl (C=O) groups excluding carboxylic acids is 1. The summed E-state index contributed by atoms with van der Waals surface area (Å²) >= 11 is 0. The Labute approximate surface area is 206 Å². The highest BCUT2D eigenvalue weighted by atomic mass is 16.6. The van der Waals surface area contributed by atoms with Crippen molar-refractivity contribution in [3.63, 3.8) is 0 Å². The molecule has 2 aromatic rings. The average Bonchev–Trinajstić information content (AvgIpc) is 3.20. The molecule has 2 fully saturated rings. The highest BCUT2D eigenvalue weighted by molar-refractivity contribution is 5.76.